The van der Waals surface area contributed by atoms with E-state index in [9.17, 15) is 24.3 Å². The fourth-order valence-corrected chi connectivity index (χ4v) is 5.87. The second-order valence-corrected chi connectivity index (χ2v) is 9.12. The van der Waals surface area contributed by atoms with Gasteiger partial charge in [0.25, 0.3) is 11.8 Å². The number of amides is 3. The van der Waals surface area contributed by atoms with E-state index in [0.717, 1.165) is 11.3 Å². The van der Waals surface area contributed by atoms with Gasteiger partial charge in [0.2, 0.25) is 5.91 Å². The Kier molecular flexibility index (Phi) is 7.46. The Balaban J connectivity index is 1.75. The average Bonchev–Trinajstić information content (AvgIpc) is 3.21. The summed E-state index contributed by atoms with van der Waals surface area (Å²) >= 11 is 9.13. The third kappa shape index (κ3) is 4.66. The predicted molar refractivity (Wildman–Crippen MR) is 118 cm³/mol. The summed E-state index contributed by atoms with van der Waals surface area (Å²) in [6.45, 7) is 0. The van der Waals surface area contributed by atoms with Crippen molar-refractivity contribution in [1.29, 1.82) is 0 Å². The van der Waals surface area contributed by atoms with Crippen molar-refractivity contribution in [2.75, 3.05) is 30.3 Å². The fourth-order valence-electron chi connectivity index (χ4n) is 2.85. The number of aliphatic carboxylic acids is 1. The molecule has 0 aromatic carbocycles. The second kappa shape index (κ2) is 9.89. The zero-order chi connectivity index (χ0) is 22.7. The molecule has 0 radical (unpaired) electrons. The third-order valence-corrected chi connectivity index (χ3v) is 7.47. The van der Waals surface area contributed by atoms with Crippen LogP contribution in [-0.2, 0) is 24.0 Å². The molecule has 3 heterocycles. The Bertz CT molecular complexity index is 996. The molecule has 11 nitrogen and oxygen atoms in total. The van der Waals surface area contributed by atoms with E-state index < -0.39 is 35.1 Å². The lowest BCUT2D eigenvalue weighted by atomic mass is 10.0. The summed E-state index contributed by atoms with van der Waals surface area (Å²) in [5, 5.41) is 19.4. The first kappa shape index (κ1) is 23.4. The number of carboxylic acid groups (broad SMARTS) is 1. The zero-order valence-corrected chi connectivity index (χ0v) is 19.3. The minimum Gasteiger partial charge on any atom is -0.477 e. The van der Waals surface area contributed by atoms with Gasteiger partial charge in [0.05, 0.1) is 0 Å². The van der Waals surface area contributed by atoms with E-state index in [1.807, 2.05) is 0 Å². The average molecular weight is 506 g/mol. The van der Waals surface area contributed by atoms with Gasteiger partial charge in [-0.15, -0.1) is 46.5 Å². The Morgan fingerprint density at radius 3 is 2.84 bits per heavy atom. The van der Waals surface area contributed by atoms with Crippen molar-refractivity contribution in [3.63, 3.8) is 0 Å². The van der Waals surface area contributed by atoms with Crippen molar-refractivity contribution in [1.82, 2.24) is 15.2 Å². The van der Waals surface area contributed by atoms with Crippen LogP contribution in [0.25, 0.3) is 0 Å². The minimum absolute atomic E-state index is 0.0586. The Labute approximate surface area is 193 Å². The van der Waals surface area contributed by atoms with Crippen molar-refractivity contribution in [2.45, 2.75) is 11.4 Å². The largest absolute Gasteiger partial charge is 0.477 e. The van der Waals surface area contributed by atoms with Crippen LogP contribution in [0.5, 0.6) is 0 Å². The van der Waals surface area contributed by atoms with Gasteiger partial charge in [-0.3, -0.25) is 19.3 Å². The van der Waals surface area contributed by atoms with Crippen molar-refractivity contribution in [3.8, 4) is 0 Å². The van der Waals surface area contributed by atoms with Crippen LogP contribution >= 0.6 is 46.5 Å². The molecule has 3 rings (SSSR count). The highest BCUT2D eigenvalue weighted by atomic mass is 35.5. The summed E-state index contributed by atoms with van der Waals surface area (Å²) in [6.07, 6.45) is 1.74. The molecule has 1 saturated heterocycles. The van der Waals surface area contributed by atoms with Crippen LogP contribution in [-0.4, -0.2) is 80.8 Å². The van der Waals surface area contributed by atoms with Crippen molar-refractivity contribution >= 4 is 81.0 Å². The first-order valence-electron chi connectivity index (χ1n) is 8.51. The zero-order valence-electron chi connectivity index (χ0n) is 16.1. The van der Waals surface area contributed by atoms with Crippen molar-refractivity contribution in [3.05, 3.63) is 21.7 Å². The SMILES string of the molecule is CON=C(C(=O)NC1C(=O)N2C(C(=O)O)=C(SC)CS[C@@H]12)c1csc(NC(=O)CCl)n1. The van der Waals surface area contributed by atoms with Crippen LogP contribution < -0.4 is 10.6 Å². The molecule has 0 saturated carbocycles. The number of carbonyl (C=O) groups excluding carboxylic acids is 3. The number of hydrogen-bond acceptors (Lipinski definition) is 10. The number of thiazole rings is 1. The van der Waals surface area contributed by atoms with E-state index in [1.165, 1.54) is 40.9 Å². The van der Waals surface area contributed by atoms with Gasteiger partial charge in [-0.2, -0.15) is 0 Å². The van der Waals surface area contributed by atoms with Gasteiger partial charge in [-0.25, -0.2) is 9.78 Å². The molecule has 0 spiro atoms. The first-order valence-corrected chi connectivity index (χ1v) is 12.2. The standard InChI is InChI=1S/C16H16ClN5O6S3/c1-28-21-9(6-4-31-16(18-6)19-8(23)3-17)12(24)20-10-13(25)22-11(15(26)27)7(29-2)5-30-14(10)22/h4,10,14H,3,5H2,1-2H3,(H,20,24)(H,26,27)(H,18,19,23)/t10?,14-/m0/s1. The van der Waals surface area contributed by atoms with Crippen molar-refractivity contribution < 1.29 is 29.1 Å². The molecule has 1 unspecified atom stereocenters. The minimum atomic E-state index is -1.19. The number of alkyl halides is 1. The molecule has 1 aromatic heterocycles. The molecular weight excluding hydrogens is 490 g/mol. The molecule has 31 heavy (non-hydrogen) atoms. The third-order valence-electron chi connectivity index (χ3n) is 4.18. The molecule has 2 atom stereocenters. The summed E-state index contributed by atoms with van der Waals surface area (Å²) in [5.74, 6) is -2.74. The lowest BCUT2D eigenvalue weighted by Gasteiger charge is -2.49. The fraction of sp³-hybridized carbons (Fsp3) is 0.375. The van der Waals surface area contributed by atoms with Gasteiger partial charge < -0.3 is 20.6 Å². The number of carbonyl (C=O) groups is 4. The van der Waals surface area contributed by atoms with Gasteiger partial charge in [0.15, 0.2) is 10.8 Å². The number of oxime groups is 1. The number of hydrogen-bond donors (Lipinski definition) is 3. The van der Waals surface area contributed by atoms with Gasteiger partial charge >= 0.3 is 5.97 Å². The van der Waals surface area contributed by atoms with E-state index in [0.29, 0.717) is 10.7 Å². The molecule has 3 amide bonds. The number of nitrogens with zero attached hydrogens (tertiary/aromatic N) is 3. The van der Waals surface area contributed by atoms with Crippen LogP contribution in [0, 0.1) is 0 Å². The summed E-state index contributed by atoms with van der Waals surface area (Å²) in [6, 6.07) is -0.925. The smallest absolute Gasteiger partial charge is 0.353 e. The van der Waals surface area contributed by atoms with E-state index in [2.05, 4.69) is 20.8 Å². The quantitative estimate of drug-likeness (QED) is 0.201. The topological polar surface area (TPSA) is 150 Å². The molecule has 2 aliphatic heterocycles. The summed E-state index contributed by atoms with van der Waals surface area (Å²) in [4.78, 5) is 59.1. The number of rotatable bonds is 8. The van der Waals surface area contributed by atoms with E-state index in [4.69, 9.17) is 16.4 Å². The summed E-state index contributed by atoms with van der Waals surface area (Å²) in [7, 11) is 1.25. The molecule has 0 bridgehead atoms. The van der Waals surface area contributed by atoms with Gasteiger partial charge in [0.1, 0.15) is 35.8 Å². The van der Waals surface area contributed by atoms with E-state index >= 15 is 0 Å². The number of aromatic nitrogens is 1. The van der Waals surface area contributed by atoms with Crippen LogP contribution in [0.4, 0.5) is 5.13 Å². The molecular formula is C16H16ClN5O6S3. The first-order chi connectivity index (χ1) is 14.8. The molecule has 1 fully saturated rings. The summed E-state index contributed by atoms with van der Waals surface area (Å²) < 4.78 is 0. The number of nitrogens with one attached hydrogen (secondary N) is 2. The highest BCUT2D eigenvalue weighted by Crippen LogP contribution is 2.42. The highest BCUT2D eigenvalue weighted by Gasteiger charge is 2.54. The maximum absolute atomic E-state index is 12.8. The molecule has 1 aromatic rings. The van der Waals surface area contributed by atoms with Crippen LogP contribution in [0.2, 0.25) is 0 Å². The van der Waals surface area contributed by atoms with Crippen LogP contribution in [0.3, 0.4) is 0 Å². The maximum atomic E-state index is 12.8. The van der Waals surface area contributed by atoms with Gasteiger partial charge in [-0.1, -0.05) is 5.16 Å². The Hall–Kier alpha value is -2.29. The monoisotopic (exact) mass is 505 g/mol. The molecule has 166 valence electrons. The van der Waals surface area contributed by atoms with E-state index in [1.54, 1.807) is 6.26 Å². The number of thioether (sulfide) groups is 2. The molecule has 3 N–H and O–H groups in total. The number of anilines is 1. The molecule has 2 aliphatic rings. The Morgan fingerprint density at radius 1 is 1.48 bits per heavy atom. The predicted octanol–water partition coefficient (Wildman–Crippen LogP) is 0.730. The van der Waals surface area contributed by atoms with Crippen molar-refractivity contribution in [2.24, 2.45) is 5.16 Å². The summed E-state index contributed by atoms with van der Waals surface area (Å²) in [5.41, 5.74) is -0.127. The van der Waals surface area contributed by atoms with Gasteiger partial charge in [-0.05, 0) is 6.26 Å². The maximum Gasteiger partial charge on any atom is 0.353 e. The number of fused-ring (bicyclic) bond motifs is 1. The van der Waals surface area contributed by atoms with Crippen LogP contribution in [0.1, 0.15) is 5.69 Å². The molecule has 0 aliphatic carbocycles. The van der Waals surface area contributed by atoms with Crippen LogP contribution in [0.15, 0.2) is 21.1 Å². The Morgan fingerprint density at radius 2 is 2.23 bits per heavy atom. The highest BCUT2D eigenvalue weighted by molar-refractivity contribution is 8.05. The number of β-lactam (4-membered cyclic amide) rings is 1. The van der Waals surface area contributed by atoms with E-state index in [-0.39, 0.29) is 28.1 Å². The second-order valence-electron chi connectivity index (χ2n) is 5.98. The number of carboxylic acids is 1. The van der Waals surface area contributed by atoms with Gasteiger partial charge in [0, 0.05) is 16.0 Å². The lowest BCUT2D eigenvalue weighted by Crippen LogP contribution is -2.71. The molecule has 15 heteroatoms. The number of halogens is 1. The lowest BCUT2D eigenvalue weighted by molar-refractivity contribution is -0.150. The normalized spacial score (nSPS) is 20.7.